The van der Waals surface area contributed by atoms with Crippen LogP contribution in [0.25, 0.3) is 0 Å². The number of hydrogen-bond donors (Lipinski definition) is 1. The highest BCUT2D eigenvalue weighted by Crippen LogP contribution is 2.25. The maximum Gasteiger partial charge on any atom is 0.223 e. The monoisotopic (exact) mass is 434 g/mol. The molecule has 0 atom stereocenters. The van der Waals surface area contributed by atoms with Crippen LogP contribution < -0.4 is 10.1 Å². The summed E-state index contributed by atoms with van der Waals surface area (Å²) in [5, 5.41) is 4.46. The van der Waals surface area contributed by atoms with Crippen LogP contribution in [0.4, 0.5) is 0 Å². The summed E-state index contributed by atoms with van der Waals surface area (Å²) < 4.78 is 5.38. The molecule has 1 amide bonds. The topological polar surface area (TPSA) is 41.6 Å². The quantitative estimate of drug-likeness (QED) is 0.596. The third-order valence-corrected chi connectivity index (χ3v) is 6.07. The van der Waals surface area contributed by atoms with Gasteiger partial charge >= 0.3 is 0 Å². The van der Waals surface area contributed by atoms with E-state index in [1.807, 2.05) is 30.3 Å². The molecule has 156 valence electrons. The molecular weight excluding hydrogens is 407 g/mol. The molecule has 2 aromatic carbocycles. The van der Waals surface area contributed by atoms with Crippen LogP contribution in [0.3, 0.4) is 0 Å². The van der Waals surface area contributed by atoms with Crippen LogP contribution in [0.15, 0.2) is 42.5 Å². The van der Waals surface area contributed by atoms with Gasteiger partial charge < -0.3 is 10.1 Å². The van der Waals surface area contributed by atoms with Gasteiger partial charge in [0.05, 0.1) is 7.11 Å². The second kappa shape index (κ2) is 10.9. The lowest BCUT2D eigenvalue weighted by molar-refractivity contribution is -0.126. The first kappa shape index (κ1) is 21.9. The Morgan fingerprint density at radius 2 is 1.90 bits per heavy atom. The Labute approximate surface area is 183 Å². The fourth-order valence-corrected chi connectivity index (χ4v) is 4.26. The van der Waals surface area contributed by atoms with Crippen molar-refractivity contribution in [3.8, 4) is 5.75 Å². The summed E-state index contributed by atoms with van der Waals surface area (Å²) in [5.74, 6) is 1.18. The van der Waals surface area contributed by atoms with E-state index in [-0.39, 0.29) is 11.8 Å². The number of ether oxygens (including phenoxy) is 1. The summed E-state index contributed by atoms with van der Waals surface area (Å²) in [6.07, 6.45) is 3.55. The Morgan fingerprint density at radius 3 is 2.62 bits per heavy atom. The van der Waals surface area contributed by atoms with Crippen LogP contribution in [0.1, 0.15) is 30.4 Å². The van der Waals surface area contributed by atoms with Gasteiger partial charge in [0.2, 0.25) is 5.91 Å². The lowest BCUT2D eigenvalue weighted by Gasteiger charge is -2.31. The molecule has 0 bridgehead atoms. The number of nitrogens with one attached hydrogen (secondary N) is 1. The van der Waals surface area contributed by atoms with Crippen molar-refractivity contribution in [3.63, 3.8) is 0 Å². The highest BCUT2D eigenvalue weighted by molar-refractivity contribution is 6.35. The summed E-state index contributed by atoms with van der Waals surface area (Å²) >= 11 is 12.2. The number of carbonyl (C=O) groups is 1. The molecule has 1 N–H and O–H groups in total. The van der Waals surface area contributed by atoms with Crippen LogP contribution in [0.5, 0.6) is 5.75 Å². The van der Waals surface area contributed by atoms with Gasteiger partial charge in [-0.15, -0.1) is 0 Å². The predicted octanol–water partition coefficient (Wildman–Crippen LogP) is 4.96. The molecule has 0 radical (unpaired) electrons. The third kappa shape index (κ3) is 6.36. The lowest BCUT2D eigenvalue weighted by Crippen LogP contribution is -2.40. The fraction of sp³-hybridized carbons (Fsp3) is 0.435. The molecule has 3 rings (SSSR count). The number of piperidine rings is 1. The van der Waals surface area contributed by atoms with E-state index in [1.165, 1.54) is 5.56 Å². The van der Waals surface area contributed by atoms with Gasteiger partial charge in [0.15, 0.2) is 0 Å². The van der Waals surface area contributed by atoms with E-state index in [9.17, 15) is 4.79 Å². The van der Waals surface area contributed by atoms with Crippen molar-refractivity contribution < 1.29 is 9.53 Å². The second-order valence-electron chi connectivity index (χ2n) is 7.49. The maximum absolute atomic E-state index is 12.5. The largest absolute Gasteiger partial charge is 0.496 e. The van der Waals surface area contributed by atoms with E-state index in [0.29, 0.717) is 16.6 Å². The number of hydrogen-bond acceptors (Lipinski definition) is 3. The zero-order chi connectivity index (χ0) is 20.6. The van der Waals surface area contributed by atoms with Gasteiger partial charge in [-0.1, -0.05) is 47.5 Å². The van der Waals surface area contributed by atoms with Crippen molar-refractivity contribution in [2.24, 2.45) is 5.92 Å². The van der Waals surface area contributed by atoms with E-state index in [4.69, 9.17) is 27.9 Å². The summed E-state index contributed by atoms with van der Waals surface area (Å²) in [7, 11) is 1.69. The van der Waals surface area contributed by atoms with Gasteiger partial charge in [0, 0.05) is 29.1 Å². The number of rotatable bonds is 8. The van der Waals surface area contributed by atoms with Gasteiger partial charge in [-0.05, 0) is 68.1 Å². The van der Waals surface area contributed by atoms with E-state index < -0.39 is 0 Å². The minimum absolute atomic E-state index is 0.0956. The van der Waals surface area contributed by atoms with Gasteiger partial charge in [-0.3, -0.25) is 9.69 Å². The van der Waals surface area contributed by atoms with E-state index in [1.54, 1.807) is 13.2 Å². The molecule has 2 aromatic rings. The summed E-state index contributed by atoms with van der Waals surface area (Å²) in [6.45, 7) is 3.29. The molecule has 1 aliphatic rings. The lowest BCUT2D eigenvalue weighted by atomic mass is 9.95. The smallest absolute Gasteiger partial charge is 0.223 e. The van der Waals surface area contributed by atoms with Crippen LogP contribution >= 0.6 is 23.2 Å². The maximum atomic E-state index is 12.5. The highest BCUT2D eigenvalue weighted by Gasteiger charge is 2.25. The highest BCUT2D eigenvalue weighted by atomic mass is 35.5. The number of likely N-dealkylation sites (tertiary alicyclic amines) is 1. The van der Waals surface area contributed by atoms with Gasteiger partial charge in [0.25, 0.3) is 0 Å². The Bertz CT molecular complexity index is 820. The standard InChI is InChI=1S/C23H28Cl2N2O2/c1-29-22-7-3-2-5-17(22)6-4-12-26-23(28)18-10-13-27(14-11-18)16-19-8-9-20(24)15-21(19)25/h2-3,5,7-9,15,18H,4,6,10-14,16H2,1H3,(H,26,28). The van der Waals surface area contributed by atoms with Crippen molar-refractivity contribution in [1.82, 2.24) is 10.2 Å². The Morgan fingerprint density at radius 1 is 1.14 bits per heavy atom. The fourth-order valence-electron chi connectivity index (χ4n) is 3.79. The number of methoxy groups -OCH3 is 1. The number of carbonyl (C=O) groups excluding carboxylic acids is 1. The third-order valence-electron chi connectivity index (χ3n) is 5.48. The van der Waals surface area contributed by atoms with Crippen LogP contribution in [0.2, 0.25) is 10.0 Å². The first-order chi connectivity index (χ1) is 14.1. The molecule has 29 heavy (non-hydrogen) atoms. The summed E-state index contributed by atoms with van der Waals surface area (Å²) in [6, 6.07) is 13.7. The Hall–Kier alpha value is -1.75. The van der Waals surface area contributed by atoms with E-state index in [0.717, 1.165) is 56.6 Å². The van der Waals surface area contributed by atoms with Gasteiger partial charge in [-0.25, -0.2) is 0 Å². The SMILES string of the molecule is COc1ccccc1CCCNC(=O)C1CCN(Cc2ccc(Cl)cc2Cl)CC1. The molecule has 0 unspecified atom stereocenters. The normalized spacial score (nSPS) is 15.3. The first-order valence-electron chi connectivity index (χ1n) is 10.1. The summed E-state index contributed by atoms with van der Waals surface area (Å²) in [5.41, 5.74) is 2.26. The summed E-state index contributed by atoms with van der Waals surface area (Å²) in [4.78, 5) is 14.8. The first-order valence-corrected chi connectivity index (χ1v) is 10.9. The molecule has 6 heteroatoms. The molecule has 1 aliphatic heterocycles. The van der Waals surface area contributed by atoms with Gasteiger partial charge in [0.1, 0.15) is 5.75 Å². The average molecular weight is 435 g/mol. The molecule has 1 fully saturated rings. The van der Waals surface area contributed by atoms with Crippen molar-refractivity contribution in [3.05, 3.63) is 63.6 Å². The molecule has 1 heterocycles. The van der Waals surface area contributed by atoms with Crippen LogP contribution in [0, 0.1) is 5.92 Å². The predicted molar refractivity (Wildman–Crippen MR) is 119 cm³/mol. The van der Waals surface area contributed by atoms with E-state index in [2.05, 4.69) is 16.3 Å². The van der Waals surface area contributed by atoms with Gasteiger partial charge in [-0.2, -0.15) is 0 Å². The number of halogens is 2. The molecule has 1 saturated heterocycles. The van der Waals surface area contributed by atoms with Crippen molar-refractivity contribution in [2.45, 2.75) is 32.2 Å². The van der Waals surface area contributed by atoms with Crippen molar-refractivity contribution in [2.75, 3.05) is 26.7 Å². The Balaban J connectivity index is 1.37. The number of amides is 1. The van der Waals surface area contributed by atoms with Crippen molar-refractivity contribution >= 4 is 29.1 Å². The van der Waals surface area contributed by atoms with Crippen LogP contribution in [-0.2, 0) is 17.8 Å². The zero-order valence-corrected chi connectivity index (χ0v) is 18.3. The molecular formula is C23H28Cl2N2O2. The Kier molecular flexibility index (Phi) is 8.22. The van der Waals surface area contributed by atoms with Crippen molar-refractivity contribution in [1.29, 1.82) is 0 Å². The second-order valence-corrected chi connectivity index (χ2v) is 8.34. The zero-order valence-electron chi connectivity index (χ0n) is 16.8. The molecule has 4 nitrogen and oxygen atoms in total. The minimum atomic E-state index is 0.0956. The number of aryl methyl sites for hydroxylation is 1. The van der Waals surface area contributed by atoms with E-state index >= 15 is 0 Å². The van der Waals surface area contributed by atoms with Crippen LogP contribution in [-0.4, -0.2) is 37.6 Å². The molecule has 0 spiro atoms. The number of benzene rings is 2. The number of nitrogens with zero attached hydrogens (tertiary/aromatic N) is 1. The minimum Gasteiger partial charge on any atom is -0.496 e. The molecule has 0 aliphatic carbocycles. The number of para-hydroxylation sites is 1. The average Bonchev–Trinajstić information content (AvgIpc) is 2.74. The molecule has 0 saturated carbocycles. The molecule has 0 aromatic heterocycles.